The third-order valence-electron chi connectivity index (χ3n) is 6.84. The van der Waals surface area contributed by atoms with Gasteiger partial charge in [0.05, 0.1) is 4.90 Å². The van der Waals surface area contributed by atoms with Crippen LogP contribution in [0.25, 0.3) is 0 Å². The van der Waals surface area contributed by atoms with Crippen LogP contribution in [0.2, 0.25) is 0 Å². The predicted octanol–water partition coefficient (Wildman–Crippen LogP) is 4.96. The first-order chi connectivity index (χ1) is 12.5. The Balaban J connectivity index is 1.41. The van der Waals surface area contributed by atoms with Crippen molar-refractivity contribution >= 4 is 15.7 Å². The van der Waals surface area contributed by atoms with Crippen molar-refractivity contribution in [2.24, 2.45) is 17.8 Å². The summed E-state index contributed by atoms with van der Waals surface area (Å²) in [4.78, 5) is 0.342. The van der Waals surface area contributed by atoms with Crippen LogP contribution in [0, 0.1) is 17.8 Å². The summed E-state index contributed by atoms with van der Waals surface area (Å²) < 4.78 is 28.0. The highest BCUT2D eigenvalue weighted by atomic mass is 32.2. The van der Waals surface area contributed by atoms with Gasteiger partial charge >= 0.3 is 0 Å². The predicted molar refractivity (Wildman–Crippen MR) is 104 cm³/mol. The van der Waals surface area contributed by atoms with E-state index in [1.54, 1.807) is 24.3 Å². The van der Waals surface area contributed by atoms with Gasteiger partial charge in [-0.1, -0.05) is 30.3 Å². The molecule has 1 N–H and O–H groups in total. The minimum absolute atomic E-state index is 0.309. The van der Waals surface area contributed by atoms with Crippen LogP contribution in [0.3, 0.4) is 0 Å². The molecule has 2 aromatic rings. The number of benzene rings is 2. The van der Waals surface area contributed by atoms with Gasteiger partial charge in [0.2, 0.25) is 0 Å². The van der Waals surface area contributed by atoms with Crippen LogP contribution in [0.4, 0.5) is 5.69 Å². The Kier molecular flexibility index (Phi) is 3.68. The largest absolute Gasteiger partial charge is 0.280 e. The molecule has 3 nitrogen and oxygen atoms in total. The van der Waals surface area contributed by atoms with Gasteiger partial charge in [-0.25, -0.2) is 8.42 Å². The third kappa shape index (κ3) is 2.75. The summed E-state index contributed by atoms with van der Waals surface area (Å²) in [6.07, 6.45) is 8.17. The van der Waals surface area contributed by atoms with Crippen molar-refractivity contribution in [2.75, 3.05) is 4.72 Å². The maximum Gasteiger partial charge on any atom is 0.261 e. The fourth-order valence-corrected chi connectivity index (χ4v) is 7.23. The van der Waals surface area contributed by atoms with Crippen molar-refractivity contribution in [1.82, 2.24) is 0 Å². The van der Waals surface area contributed by atoms with E-state index in [2.05, 4.69) is 16.9 Å². The van der Waals surface area contributed by atoms with Crippen molar-refractivity contribution in [3.05, 3.63) is 60.2 Å². The molecule has 4 aliphatic rings. The van der Waals surface area contributed by atoms with Crippen LogP contribution >= 0.6 is 0 Å². The first kappa shape index (κ1) is 16.4. The lowest BCUT2D eigenvalue weighted by Gasteiger charge is -2.57. The number of hydrogen-bond donors (Lipinski definition) is 1. The highest BCUT2D eigenvalue weighted by molar-refractivity contribution is 7.92. The SMILES string of the molecule is O=S(=O)(Nc1ccccc1)c1ccc(C23CC4CC(CC(C4)C2)C3)cc1. The van der Waals surface area contributed by atoms with E-state index in [0.717, 1.165) is 17.8 Å². The second kappa shape index (κ2) is 5.85. The summed E-state index contributed by atoms with van der Waals surface area (Å²) in [6.45, 7) is 0. The molecule has 0 aliphatic heterocycles. The summed E-state index contributed by atoms with van der Waals surface area (Å²) in [5.74, 6) is 2.68. The smallest absolute Gasteiger partial charge is 0.261 e. The molecule has 4 aliphatic carbocycles. The molecular formula is C22H25NO2S. The van der Waals surface area contributed by atoms with E-state index in [0.29, 0.717) is 16.0 Å². The molecule has 0 spiro atoms. The molecule has 0 aromatic heterocycles. The molecular weight excluding hydrogens is 342 g/mol. The van der Waals surface area contributed by atoms with Gasteiger partial charge in [-0.15, -0.1) is 0 Å². The lowest BCUT2D eigenvalue weighted by atomic mass is 9.48. The molecule has 4 saturated carbocycles. The van der Waals surface area contributed by atoms with Gasteiger partial charge in [-0.2, -0.15) is 0 Å². The van der Waals surface area contributed by atoms with Gasteiger partial charge in [0.1, 0.15) is 0 Å². The molecule has 26 heavy (non-hydrogen) atoms. The molecule has 0 saturated heterocycles. The minimum Gasteiger partial charge on any atom is -0.280 e. The van der Waals surface area contributed by atoms with Crippen LogP contribution in [0.15, 0.2) is 59.5 Å². The molecule has 0 unspecified atom stereocenters. The van der Waals surface area contributed by atoms with E-state index in [1.807, 2.05) is 18.2 Å². The molecule has 0 radical (unpaired) electrons. The molecule has 4 heteroatoms. The minimum atomic E-state index is -3.54. The highest BCUT2D eigenvalue weighted by Crippen LogP contribution is 2.60. The zero-order chi connectivity index (χ0) is 17.8. The summed E-state index contributed by atoms with van der Waals surface area (Å²) in [6, 6.07) is 16.8. The zero-order valence-electron chi connectivity index (χ0n) is 14.9. The van der Waals surface area contributed by atoms with Crippen molar-refractivity contribution < 1.29 is 8.42 Å². The van der Waals surface area contributed by atoms with Gasteiger partial charge < -0.3 is 0 Å². The summed E-state index contributed by atoms with van der Waals surface area (Å²) in [7, 11) is -3.54. The van der Waals surface area contributed by atoms with Crippen LogP contribution < -0.4 is 4.72 Å². The molecule has 0 atom stereocenters. The second-order valence-corrected chi connectivity index (χ2v) is 10.4. The third-order valence-corrected chi connectivity index (χ3v) is 8.24. The fraction of sp³-hybridized carbons (Fsp3) is 0.455. The van der Waals surface area contributed by atoms with Gasteiger partial charge in [-0.3, -0.25) is 4.72 Å². The Morgan fingerprint density at radius 2 is 1.31 bits per heavy atom. The molecule has 6 rings (SSSR count). The summed E-state index contributed by atoms with van der Waals surface area (Å²) >= 11 is 0. The second-order valence-electron chi connectivity index (χ2n) is 8.69. The van der Waals surface area contributed by atoms with Crippen LogP contribution in [-0.2, 0) is 15.4 Å². The van der Waals surface area contributed by atoms with E-state index < -0.39 is 10.0 Å². The maximum atomic E-state index is 12.6. The van der Waals surface area contributed by atoms with Crippen LogP contribution in [0.1, 0.15) is 44.1 Å². The van der Waals surface area contributed by atoms with Gasteiger partial charge in [-0.05, 0) is 91.5 Å². The zero-order valence-corrected chi connectivity index (χ0v) is 15.7. The van der Waals surface area contributed by atoms with Crippen molar-refractivity contribution in [3.63, 3.8) is 0 Å². The first-order valence-corrected chi connectivity index (χ1v) is 11.2. The quantitative estimate of drug-likeness (QED) is 0.830. The highest BCUT2D eigenvalue weighted by Gasteiger charge is 2.51. The van der Waals surface area contributed by atoms with E-state index in [1.165, 1.54) is 44.1 Å². The topological polar surface area (TPSA) is 46.2 Å². The van der Waals surface area contributed by atoms with Crippen molar-refractivity contribution in [2.45, 2.75) is 48.8 Å². The lowest BCUT2D eigenvalue weighted by Crippen LogP contribution is -2.48. The summed E-state index contributed by atoms with van der Waals surface area (Å²) in [5, 5.41) is 0. The first-order valence-electron chi connectivity index (χ1n) is 9.71. The molecule has 0 amide bonds. The number of para-hydroxylation sites is 1. The van der Waals surface area contributed by atoms with E-state index in [-0.39, 0.29) is 0 Å². The van der Waals surface area contributed by atoms with E-state index in [4.69, 9.17) is 0 Å². The number of sulfonamides is 1. The Hall–Kier alpha value is -1.81. The normalized spacial score (nSPS) is 32.5. The molecule has 0 heterocycles. The summed E-state index contributed by atoms with van der Waals surface area (Å²) in [5.41, 5.74) is 2.26. The van der Waals surface area contributed by atoms with Crippen molar-refractivity contribution in [1.29, 1.82) is 0 Å². The Labute approximate surface area is 155 Å². The number of anilines is 1. The fourth-order valence-electron chi connectivity index (χ4n) is 6.17. The number of hydrogen-bond acceptors (Lipinski definition) is 2. The maximum absolute atomic E-state index is 12.6. The van der Waals surface area contributed by atoms with Gasteiger partial charge in [0, 0.05) is 5.69 Å². The Morgan fingerprint density at radius 3 is 1.85 bits per heavy atom. The van der Waals surface area contributed by atoms with Gasteiger partial charge in [0.25, 0.3) is 10.0 Å². The Bertz CT molecular complexity index is 868. The van der Waals surface area contributed by atoms with Crippen molar-refractivity contribution in [3.8, 4) is 0 Å². The molecule has 4 bridgehead atoms. The van der Waals surface area contributed by atoms with Gasteiger partial charge in [0.15, 0.2) is 0 Å². The average Bonchev–Trinajstić information content (AvgIpc) is 2.61. The Morgan fingerprint density at radius 1 is 0.769 bits per heavy atom. The number of nitrogens with one attached hydrogen (secondary N) is 1. The molecule has 136 valence electrons. The van der Waals surface area contributed by atoms with Crippen LogP contribution in [-0.4, -0.2) is 8.42 Å². The lowest BCUT2D eigenvalue weighted by molar-refractivity contribution is -0.00521. The molecule has 4 fully saturated rings. The monoisotopic (exact) mass is 367 g/mol. The standard InChI is InChI=1S/C22H25NO2S/c24-26(25,23-20-4-2-1-3-5-20)21-8-6-19(7-9-21)22-13-16-10-17(14-22)12-18(11-16)15-22/h1-9,16-18,23H,10-15H2. The van der Waals surface area contributed by atoms with E-state index >= 15 is 0 Å². The molecule has 2 aromatic carbocycles. The van der Waals surface area contributed by atoms with E-state index in [9.17, 15) is 8.42 Å². The number of rotatable bonds is 4. The van der Waals surface area contributed by atoms with Crippen LogP contribution in [0.5, 0.6) is 0 Å². The average molecular weight is 368 g/mol.